The van der Waals surface area contributed by atoms with Gasteiger partial charge in [0.1, 0.15) is 5.75 Å². The predicted molar refractivity (Wildman–Crippen MR) is 79.6 cm³/mol. The Kier molecular flexibility index (Phi) is 9.11. The second-order valence-electron chi connectivity index (χ2n) is 4.83. The minimum atomic E-state index is 0.764. The summed E-state index contributed by atoms with van der Waals surface area (Å²) in [5, 5.41) is 0. The summed E-state index contributed by atoms with van der Waals surface area (Å²) >= 11 is 0. The minimum Gasteiger partial charge on any atom is -0.494 e. The summed E-state index contributed by atoms with van der Waals surface area (Å²) in [6.45, 7) is 5.32. The highest BCUT2D eigenvalue weighted by Crippen LogP contribution is 2.12. The van der Waals surface area contributed by atoms with Gasteiger partial charge in [0.25, 0.3) is 0 Å². The maximum Gasteiger partial charge on any atom is 0.119 e. The summed E-state index contributed by atoms with van der Waals surface area (Å²) in [5.41, 5.74) is 6.66. The van der Waals surface area contributed by atoms with E-state index in [-0.39, 0.29) is 0 Å². The van der Waals surface area contributed by atoms with Gasteiger partial charge in [-0.05, 0) is 63.3 Å². The number of benzene rings is 1. The third-order valence-electron chi connectivity index (χ3n) is 2.93. The lowest BCUT2D eigenvalue weighted by molar-refractivity contribution is 0.122. The van der Waals surface area contributed by atoms with E-state index in [4.69, 9.17) is 15.2 Å². The molecule has 1 aromatic carbocycles. The third kappa shape index (κ3) is 8.62. The molecule has 0 aliphatic heterocycles. The van der Waals surface area contributed by atoms with Gasteiger partial charge in [0.15, 0.2) is 0 Å². The van der Waals surface area contributed by atoms with E-state index in [1.807, 2.05) is 12.1 Å². The molecule has 0 saturated heterocycles. The van der Waals surface area contributed by atoms with Crippen molar-refractivity contribution in [3.05, 3.63) is 29.8 Å². The van der Waals surface area contributed by atoms with Gasteiger partial charge in [-0.25, -0.2) is 0 Å². The Morgan fingerprint density at radius 2 is 1.68 bits per heavy atom. The number of unbranched alkanes of at least 4 members (excludes halogenated alkanes) is 3. The van der Waals surface area contributed by atoms with Gasteiger partial charge >= 0.3 is 0 Å². The van der Waals surface area contributed by atoms with Gasteiger partial charge in [-0.15, -0.1) is 0 Å². The van der Waals surface area contributed by atoms with Crippen LogP contribution in [0.4, 0.5) is 0 Å². The van der Waals surface area contributed by atoms with E-state index in [0.29, 0.717) is 0 Å². The Labute approximate surface area is 117 Å². The SMILES string of the molecule is Cc1cccc(OCCCCOCCCCCN)c1. The van der Waals surface area contributed by atoms with Crippen molar-refractivity contribution in [3.63, 3.8) is 0 Å². The lowest BCUT2D eigenvalue weighted by atomic mass is 10.2. The second kappa shape index (κ2) is 10.8. The molecule has 108 valence electrons. The van der Waals surface area contributed by atoms with E-state index < -0.39 is 0 Å². The van der Waals surface area contributed by atoms with Gasteiger partial charge in [0.2, 0.25) is 0 Å². The maximum atomic E-state index is 5.68. The number of hydrogen-bond donors (Lipinski definition) is 1. The van der Waals surface area contributed by atoms with Gasteiger partial charge in [0, 0.05) is 13.2 Å². The molecular formula is C16H27NO2. The first-order valence-electron chi connectivity index (χ1n) is 7.30. The van der Waals surface area contributed by atoms with Crippen LogP contribution in [-0.4, -0.2) is 26.4 Å². The highest BCUT2D eigenvalue weighted by atomic mass is 16.5. The first-order chi connectivity index (χ1) is 9.33. The fourth-order valence-corrected chi connectivity index (χ4v) is 1.83. The Bertz CT molecular complexity index is 328. The normalized spacial score (nSPS) is 10.6. The topological polar surface area (TPSA) is 44.5 Å². The predicted octanol–water partition coefficient (Wildman–Crippen LogP) is 3.30. The number of nitrogens with two attached hydrogens (primary N) is 1. The van der Waals surface area contributed by atoms with Crippen LogP contribution in [0.5, 0.6) is 5.75 Å². The molecule has 1 rings (SSSR count). The van der Waals surface area contributed by atoms with E-state index in [1.165, 1.54) is 12.0 Å². The van der Waals surface area contributed by atoms with Crippen molar-refractivity contribution in [1.29, 1.82) is 0 Å². The summed E-state index contributed by atoms with van der Waals surface area (Å²) in [5.74, 6) is 0.961. The van der Waals surface area contributed by atoms with Crippen molar-refractivity contribution in [1.82, 2.24) is 0 Å². The molecule has 0 aliphatic rings. The van der Waals surface area contributed by atoms with Crippen LogP contribution < -0.4 is 10.5 Å². The molecule has 0 amide bonds. The zero-order valence-corrected chi connectivity index (χ0v) is 12.1. The molecule has 3 heteroatoms. The van der Waals surface area contributed by atoms with Crippen molar-refractivity contribution in [2.45, 2.75) is 39.0 Å². The van der Waals surface area contributed by atoms with Crippen molar-refractivity contribution in [3.8, 4) is 5.75 Å². The lowest BCUT2D eigenvalue weighted by Crippen LogP contribution is -2.03. The third-order valence-corrected chi connectivity index (χ3v) is 2.93. The summed E-state index contributed by atoms with van der Waals surface area (Å²) in [6, 6.07) is 8.16. The number of hydrogen-bond acceptors (Lipinski definition) is 3. The fourth-order valence-electron chi connectivity index (χ4n) is 1.83. The zero-order valence-electron chi connectivity index (χ0n) is 12.1. The molecule has 0 bridgehead atoms. The number of aryl methyl sites for hydroxylation is 1. The van der Waals surface area contributed by atoms with Gasteiger partial charge in [-0.2, -0.15) is 0 Å². The van der Waals surface area contributed by atoms with E-state index in [2.05, 4.69) is 19.1 Å². The van der Waals surface area contributed by atoms with Crippen LogP contribution in [0.25, 0.3) is 0 Å². The molecule has 0 spiro atoms. The standard InChI is InChI=1S/C16H27NO2/c1-15-8-7-9-16(14-15)19-13-6-5-12-18-11-4-2-3-10-17/h7-9,14H,2-6,10-13,17H2,1H3. The first-order valence-corrected chi connectivity index (χ1v) is 7.30. The van der Waals surface area contributed by atoms with E-state index in [1.54, 1.807) is 0 Å². The van der Waals surface area contributed by atoms with Crippen molar-refractivity contribution >= 4 is 0 Å². The molecule has 19 heavy (non-hydrogen) atoms. The molecule has 0 atom stereocenters. The number of rotatable bonds is 11. The van der Waals surface area contributed by atoms with Crippen molar-refractivity contribution < 1.29 is 9.47 Å². The Hall–Kier alpha value is -1.06. The summed E-state index contributed by atoms with van der Waals surface area (Å²) in [6.07, 6.45) is 5.50. The minimum absolute atomic E-state index is 0.764. The molecule has 0 unspecified atom stereocenters. The lowest BCUT2D eigenvalue weighted by Gasteiger charge is -2.07. The average molecular weight is 265 g/mol. The Morgan fingerprint density at radius 1 is 0.947 bits per heavy atom. The average Bonchev–Trinajstić information content (AvgIpc) is 2.41. The van der Waals surface area contributed by atoms with Crippen LogP contribution in [0.3, 0.4) is 0 Å². The molecular weight excluding hydrogens is 238 g/mol. The smallest absolute Gasteiger partial charge is 0.119 e. The molecule has 0 fully saturated rings. The van der Waals surface area contributed by atoms with Crippen LogP contribution in [0.1, 0.15) is 37.7 Å². The molecule has 0 radical (unpaired) electrons. The second-order valence-corrected chi connectivity index (χ2v) is 4.83. The fraction of sp³-hybridized carbons (Fsp3) is 0.625. The molecule has 0 saturated carbocycles. The summed E-state index contributed by atoms with van der Waals surface area (Å²) < 4.78 is 11.2. The number of ether oxygens (including phenoxy) is 2. The molecule has 0 aliphatic carbocycles. The molecule has 3 nitrogen and oxygen atoms in total. The zero-order chi connectivity index (χ0) is 13.8. The van der Waals surface area contributed by atoms with E-state index in [9.17, 15) is 0 Å². The van der Waals surface area contributed by atoms with Crippen LogP contribution in [0, 0.1) is 6.92 Å². The summed E-state index contributed by atoms with van der Waals surface area (Å²) in [7, 11) is 0. The van der Waals surface area contributed by atoms with Crippen molar-refractivity contribution in [2.24, 2.45) is 5.73 Å². The van der Waals surface area contributed by atoms with Gasteiger partial charge in [-0.1, -0.05) is 12.1 Å². The molecule has 1 aromatic rings. The Balaban J connectivity index is 1.89. The molecule has 0 heterocycles. The van der Waals surface area contributed by atoms with Crippen LogP contribution in [-0.2, 0) is 4.74 Å². The highest BCUT2D eigenvalue weighted by Gasteiger charge is 1.95. The maximum absolute atomic E-state index is 5.68. The van der Waals surface area contributed by atoms with E-state index >= 15 is 0 Å². The van der Waals surface area contributed by atoms with Gasteiger partial charge in [-0.3, -0.25) is 0 Å². The van der Waals surface area contributed by atoms with Crippen LogP contribution in [0.2, 0.25) is 0 Å². The van der Waals surface area contributed by atoms with Gasteiger partial charge < -0.3 is 15.2 Å². The van der Waals surface area contributed by atoms with Crippen LogP contribution in [0.15, 0.2) is 24.3 Å². The van der Waals surface area contributed by atoms with Crippen molar-refractivity contribution in [2.75, 3.05) is 26.4 Å². The molecule has 0 aromatic heterocycles. The quantitative estimate of drug-likeness (QED) is 0.624. The summed E-state index contributed by atoms with van der Waals surface area (Å²) in [4.78, 5) is 0. The Morgan fingerprint density at radius 3 is 2.42 bits per heavy atom. The first kappa shape index (κ1) is 16.0. The largest absolute Gasteiger partial charge is 0.494 e. The molecule has 2 N–H and O–H groups in total. The van der Waals surface area contributed by atoms with Crippen LogP contribution >= 0.6 is 0 Å². The van der Waals surface area contributed by atoms with E-state index in [0.717, 1.165) is 57.8 Å². The monoisotopic (exact) mass is 265 g/mol. The highest BCUT2D eigenvalue weighted by molar-refractivity contribution is 5.27. The van der Waals surface area contributed by atoms with Gasteiger partial charge in [0.05, 0.1) is 6.61 Å².